The molecule has 0 atom stereocenters. The molecule has 29 heavy (non-hydrogen) atoms. The van der Waals surface area contributed by atoms with Gasteiger partial charge in [-0.2, -0.15) is 0 Å². The number of hydrogen-bond acceptors (Lipinski definition) is 3. The number of rotatable bonds is 3. The molecule has 150 valence electrons. The van der Waals surface area contributed by atoms with Gasteiger partial charge in [0, 0.05) is 27.7 Å². The highest BCUT2D eigenvalue weighted by atomic mass is 35.5. The number of quaternary nitrogens is 1. The smallest absolute Gasteiger partial charge is 0.336 e. The van der Waals surface area contributed by atoms with Gasteiger partial charge in [-0.25, -0.2) is 4.79 Å². The monoisotopic (exact) mass is 409 g/mol. The Morgan fingerprint density at radius 3 is 2.52 bits per heavy atom. The maximum atomic E-state index is 12.2. The van der Waals surface area contributed by atoms with Gasteiger partial charge in [-0.3, -0.25) is 0 Å². The lowest BCUT2D eigenvalue weighted by Crippen LogP contribution is -3.13. The summed E-state index contributed by atoms with van der Waals surface area (Å²) in [5, 5.41) is 1.90. The van der Waals surface area contributed by atoms with E-state index in [4.69, 9.17) is 16.0 Å². The number of anilines is 1. The number of halogens is 1. The standard InChI is InChI=1S/C24H25ClN2O2/c25-20-6-3-7-21(15-20)27-10-8-26(9-11-27)16-19-14-24(28)29-23-13-18-5-2-1-4-17(18)12-22(19)23/h3,6-7,12-15H,1-2,4-5,8-11,16H2/p+1. The number of fused-ring (bicyclic) bond motifs is 2. The van der Waals surface area contributed by atoms with Crippen LogP contribution in [0.25, 0.3) is 11.0 Å². The van der Waals surface area contributed by atoms with Crippen molar-refractivity contribution in [2.45, 2.75) is 32.2 Å². The number of piperazine rings is 1. The Bertz CT molecular complexity index is 1100. The molecular formula is C24H26ClN2O2+. The largest absolute Gasteiger partial charge is 0.423 e. The first-order valence-electron chi connectivity index (χ1n) is 10.6. The molecule has 3 aromatic rings. The van der Waals surface area contributed by atoms with Crippen molar-refractivity contribution in [3.8, 4) is 0 Å². The number of aryl methyl sites for hydroxylation is 2. The molecule has 0 spiro atoms. The van der Waals surface area contributed by atoms with E-state index in [1.165, 1.54) is 34.6 Å². The fourth-order valence-corrected chi connectivity index (χ4v) is 4.99. The highest BCUT2D eigenvalue weighted by Crippen LogP contribution is 2.27. The Morgan fingerprint density at radius 1 is 1.00 bits per heavy atom. The summed E-state index contributed by atoms with van der Waals surface area (Å²) in [6, 6.07) is 14.2. The highest BCUT2D eigenvalue weighted by Gasteiger charge is 2.22. The maximum Gasteiger partial charge on any atom is 0.336 e. The zero-order valence-corrected chi connectivity index (χ0v) is 17.3. The van der Waals surface area contributed by atoms with Gasteiger partial charge in [0.15, 0.2) is 0 Å². The Labute approximate surface area is 175 Å². The van der Waals surface area contributed by atoms with Gasteiger partial charge in [-0.1, -0.05) is 17.7 Å². The van der Waals surface area contributed by atoms with Crippen LogP contribution in [-0.4, -0.2) is 26.2 Å². The van der Waals surface area contributed by atoms with Crippen molar-refractivity contribution in [1.82, 2.24) is 0 Å². The van der Waals surface area contributed by atoms with Crippen LogP contribution in [0.2, 0.25) is 5.02 Å². The molecule has 0 amide bonds. The summed E-state index contributed by atoms with van der Waals surface area (Å²) in [7, 11) is 0. The number of nitrogens with one attached hydrogen (secondary N) is 1. The Morgan fingerprint density at radius 2 is 1.76 bits per heavy atom. The summed E-state index contributed by atoms with van der Waals surface area (Å²) in [5.74, 6) is 0. The summed E-state index contributed by atoms with van der Waals surface area (Å²) in [4.78, 5) is 16.1. The van der Waals surface area contributed by atoms with Crippen molar-refractivity contribution < 1.29 is 9.32 Å². The van der Waals surface area contributed by atoms with Crippen molar-refractivity contribution in [1.29, 1.82) is 0 Å². The summed E-state index contributed by atoms with van der Waals surface area (Å²) >= 11 is 6.15. The van der Waals surface area contributed by atoms with E-state index < -0.39 is 0 Å². The normalized spacial score (nSPS) is 17.5. The van der Waals surface area contributed by atoms with Gasteiger partial charge in [0.1, 0.15) is 12.1 Å². The SMILES string of the molecule is O=c1cc(C[NH+]2CCN(c3cccc(Cl)c3)CC2)c2cc3c(cc2o1)CCCC3. The van der Waals surface area contributed by atoms with Gasteiger partial charge < -0.3 is 14.2 Å². The van der Waals surface area contributed by atoms with Crippen LogP contribution in [0.1, 0.15) is 29.5 Å². The lowest BCUT2D eigenvalue weighted by atomic mass is 9.90. The second kappa shape index (κ2) is 7.85. The first-order valence-corrected chi connectivity index (χ1v) is 11.0. The van der Waals surface area contributed by atoms with Crippen LogP contribution in [0.5, 0.6) is 0 Å². The maximum absolute atomic E-state index is 12.2. The second-order valence-electron chi connectivity index (χ2n) is 8.31. The van der Waals surface area contributed by atoms with Crippen molar-refractivity contribution in [3.63, 3.8) is 0 Å². The molecule has 2 aromatic carbocycles. The van der Waals surface area contributed by atoms with Crippen LogP contribution in [0.4, 0.5) is 5.69 Å². The number of benzene rings is 2. The Hall–Kier alpha value is -2.30. The fourth-order valence-electron chi connectivity index (χ4n) is 4.80. The molecule has 4 nitrogen and oxygen atoms in total. The van der Waals surface area contributed by atoms with E-state index in [-0.39, 0.29) is 5.63 Å². The average molecular weight is 410 g/mol. The van der Waals surface area contributed by atoms with Crippen LogP contribution >= 0.6 is 11.6 Å². The van der Waals surface area contributed by atoms with Crippen LogP contribution in [0.15, 0.2) is 51.7 Å². The molecule has 0 bridgehead atoms. The molecule has 2 aliphatic rings. The van der Waals surface area contributed by atoms with Crippen LogP contribution < -0.4 is 15.4 Å². The molecule has 2 heterocycles. The minimum atomic E-state index is -0.236. The molecule has 1 N–H and O–H groups in total. The summed E-state index contributed by atoms with van der Waals surface area (Å²) in [5.41, 5.74) is 5.61. The Balaban J connectivity index is 1.36. The minimum Gasteiger partial charge on any atom is -0.423 e. The van der Waals surface area contributed by atoms with E-state index in [0.717, 1.165) is 67.1 Å². The van der Waals surface area contributed by atoms with E-state index in [0.29, 0.717) is 0 Å². The lowest BCUT2D eigenvalue weighted by Gasteiger charge is -2.34. The molecule has 0 unspecified atom stereocenters. The fraction of sp³-hybridized carbons (Fsp3) is 0.375. The van der Waals surface area contributed by atoms with E-state index in [1.807, 2.05) is 18.2 Å². The zero-order valence-electron chi connectivity index (χ0n) is 16.5. The number of hydrogen-bond donors (Lipinski definition) is 1. The second-order valence-corrected chi connectivity index (χ2v) is 8.74. The molecule has 0 saturated carbocycles. The molecule has 5 heteroatoms. The van der Waals surface area contributed by atoms with Crippen molar-refractivity contribution >= 4 is 28.3 Å². The van der Waals surface area contributed by atoms with Crippen LogP contribution in [0.3, 0.4) is 0 Å². The van der Waals surface area contributed by atoms with Crippen LogP contribution in [-0.2, 0) is 19.4 Å². The van der Waals surface area contributed by atoms with E-state index in [2.05, 4.69) is 23.1 Å². The Kier molecular flexibility index (Phi) is 5.06. The molecule has 1 saturated heterocycles. The molecule has 1 aliphatic heterocycles. The quantitative estimate of drug-likeness (QED) is 0.675. The third-order valence-corrected chi connectivity index (χ3v) is 6.61. The lowest BCUT2D eigenvalue weighted by molar-refractivity contribution is -0.914. The van der Waals surface area contributed by atoms with Gasteiger partial charge in [-0.15, -0.1) is 0 Å². The molecular weight excluding hydrogens is 384 g/mol. The van der Waals surface area contributed by atoms with Crippen molar-refractivity contribution in [3.05, 3.63) is 74.6 Å². The number of nitrogens with zero attached hydrogens (tertiary/aromatic N) is 1. The summed E-state index contributed by atoms with van der Waals surface area (Å²) < 4.78 is 5.56. The van der Waals surface area contributed by atoms with Crippen molar-refractivity contribution in [2.75, 3.05) is 31.1 Å². The molecule has 0 radical (unpaired) electrons. The van der Waals surface area contributed by atoms with Crippen molar-refractivity contribution in [2.24, 2.45) is 0 Å². The minimum absolute atomic E-state index is 0.236. The van der Waals surface area contributed by atoms with E-state index >= 15 is 0 Å². The molecule has 1 aliphatic carbocycles. The third kappa shape index (κ3) is 3.92. The van der Waals surface area contributed by atoms with Gasteiger partial charge in [-0.05, 0) is 67.1 Å². The molecule has 1 fully saturated rings. The van der Waals surface area contributed by atoms with E-state index in [9.17, 15) is 4.79 Å². The molecule has 5 rings (SSSR count). The molecule has 1 aromatic heterocycles. The average Bonchev–Trinajstić information content (AvgIpc) is 2.73. The zero-order chi connectivity index (χ0) is 19.8. The van der Waals surface area contributed by atoms with Gasteiger partial charge in [0.2, 0.25) is 0 Å². The predicted molar refractivity (Wildman–Crippen MR) is 117 cm³/mol. The van der Waals surface area contributed by atoms with E-state index in [1.54, 1.807) is 6.07 Å². The highest BCUT2D eigenvalue weighted by molar-refractivity contribution is 6.30. The topological polar surface area (TPSA) is 37.9 Å². The van der Waals surface area contributed by atoms with Gasteiger partial charge in [0.05, 0.1) is 26.2 Å². The third-order valence-electron chi connectivity index (χ3n) is 6.38. The first-order chi connectivity index (χ1) is 14.2. The van der Waals surface area contributed by atoms with Gasteiger partial charge in [0.25, 0.3) is 0 Å². The van der Waals surface area contributed by atoms with Crippen LogP contribution in [0, 0.1) is 0 Å². The first kappa shape index (κ1) is 18.7. The predicted octanol–water partition coefficient (Wildman–Crippen LogP) is 3.23. The summed E-state index contributed by atoms with van der Waals surface area (Å²) in [6.07, 6.45) is 4.70. The van der Waals surface area contributed by atoms with Gasteiger partial charge >= 0.3 is 5.63 Å². The summed E-state index contributed by atoms with van der Waals surface area (Å²) in [6.45, 7) is 4.93.